The first-order chi connectivity index (χ1) is 13.7. The van der Waals surface area contributed by atoms with E-state index < -0.39 is 0 Å². The molecule has 0 atom stereocenters. The number of nitrogens with zero attached hydrogens (tertiary/aromatic N) is 3. The summed E-state index contributed by atoms with van der Waals surface area (Å²) in [6, 6.07) is 11.2. The van der Waals surface area contributed by atoms with Gasteiger partial charge in [-0.05, 0) is 49.2 Å². The number of aromatic nitrogens is 3. The van der Waals surface area contributed by atoms with Crippen molar-refractivity contribution in [3.63, 3.8) is 0 Å². The number of aryl methyl sites for hydroxylation is 1. The predicted molar refractivity (Wildman–Crippen MR) is 109 cm³/mol. The van der Waals surface area contributed by atoms with Gasteiger partial charge in [0.05, 0.1) is 12.3 Å². The second-order valence-corrected chi connectivity index (χ2v) is 8.08. The Morgan fingerprint density at radius 2 is 2.00 bits per heavy atom. The van der Waals surface area contributed by atoms with Crippen molar-refractivity contribution in [2.45, 2.75) is 43.9 Å². The number of rotatable bonds is 6. The number of furan rings is 1. The zero-order chi connectivity index (χ0) is 19.3. The summed E-state index contributed by atoms with van der Waals surface area (Å²) >= 11 is 7.34. The van der Waals surface area contributed by atoms with Crippen LogP contribution in [-0.4, -0.2) is 26.4 Å². The molecule has 28 heavy (non-hydrogen) atoms. The molecular weight excluding hydrogens is 396 g/mol. The monoisotopic (exact) mass is 416 g/mol. The van der Waals surface area contributed by atoms with Gasteiger partial charge in [-0.3, -0.25) is 4.79 Å². The quantitative estimate of drug-likeness (QED) is 0.605. The van der Waals surface area contributed by atoms with E-state index in [1.165, 1.54) is 18.2 Å². The summed E-state index contributed by atoms with van der Waals surface area (Å²) in [7, 11) is 0. The van der Waals surface area contributed by atoms with Gasteiger partial charge in [0.15, 0.2) is 5.16 Å². The first-order valence-electron chi connectivity index (χ1n) is 9.35. The molecule has 1 aliphatic heterocycles. The highest BCUT2D eigenvalue weighted by Crippen LogP contribution is 2.24. The van der Waals surface area contributed by atoms with E-state index in [4.69, 9.17) is 16.0 Å². The summed E-state index contributed by atoms with van der Waals surface area (Å²) in [5, 5.41) is 12.9. The number of hydrogen-bond donors (Lipinski definition) is 1. The van der Waals surface area contributed by atoms with Crippen molar-refractivity contribution in [2.75, 3.05) is 5.75 Å². The number of fused-ring (bicyclic) bond motifs is 1. The van der Waals surface area contributed by atoms with Gasteiger partial charge in [0, 0.05) is 23.6 Å². The molecule has 6 nitrogen and oxygen atoms in total. The van der Waals surface area contributed by atoms with Gasteiger partial charge >= 0.3 is 0 Å². The summed E-state index contributed by atoms with van der Waals surface area (Å²) in [5.41, 5.74) is 0.949. The zero-order valence-electron chi connectivity index (χ0n) is 15.4. The van der Waals surface area contributed by atoms with Gasteiger partial charge in [-0.25, -0.2) is 0 Å². The smallest absolute Gasteiger partial charge is 0.230 e. The van der Waals surface area contributed by atoms with Crippen LogP contribution in [0.2, 0.25) is 5.02 Å². The lowest BCUT2D eigenvalue weighted by Crippen LogP contribution is -2.24. The van der Waals surface area contributed by atoms with Crippen LogP contribution in [0.1, 0.15) is 30.8 Å². The van der Waals surface area contributed by atoms with E-state index in [2.05, 4.69) is 20.1 Å². The molecule has 1 amide bonds. The molecule has 1 aliphatic rings. The number of nitrogens with one attached hydrogen (secondary N) is 1. The standard InChI is InChI=1S/C20H21ClN4O2S/c21-15-7-5-14(6-8-15)17-10-9-16(27-17)12-22-19(26)13-28-20-24-23-18-4-2-1-3-11-25(18)20/h5-10H,1-4,11-13H2,(H,22,26). The molecule has 0 saturated carbocycles. The number of thioether (sulfide) groups is 1. The van der Waals surface area contributed by atoms with E-state index in [0.717, 1.165) is 48.1 Å². The van der Waals surface area contributed by atoms with Crippen LogP contribution in [0.3, 0.4) is 0 Å². The van der Waals surface area contributed by atoms with Gasteiger partial charge in [-0.1, -0.05) is 29.8 Å². The van der Waals surface area contributed by atoms with Crippen molar-refractivity contribution in [1.82, 2.24) is 20.1 Å². The zero-order valence-corrected chi connectivity index (χ0v) is 16.9. The molecule has 0 bridgehead atoms. The number of halogens is 1. The predicted octanol–water partition coefficient (Wildman–Crippen LogP) is 4.33. The van der Waals surface area contributed by atoms with Gasteiger partial charge in [0.1, 0.15) is 17.3 Å². The first-order valence-corrected chi connectivity index (χ1v) is 10.7. The summed E-state index contributed by atoms with van der Waals surface area (Å²) in [4.78, 5) is 12.2. The van der Waals surface area contributed by atoms with Crippen LogP contribution < -0.4 is 5.32 Å². The van der Waals surface area contributed by atoms with Gasteiger partial charge in [0.2, 0.25) is 5.91 Å². The fourth-order valence-electron chi connectivity index (χ4n) is 3.17. The Labute approximate surface area is 172 Å². The Balaban J connectivity index is 1.28. The minimum Gasteiger partial charge on any atom is -0.459 e. The average molecular weight is 417 g/mol. The number of carbonyl (C=O) groups is 1. The van der Waals surface area contributed by atoms with Crippen LogP contribution >= 0.6 is 23.4 Å². The van der Waals surface area contributed by atoms with E-state index in [0.29, 0.717) is 23.1 Å². The second kappa shape index (κ2) is 8.84. The third-order valence-corrected chi connectivity index (χ3v) is 5.88. The third-order valence-electron chi connectivity index (χ3n) is 4.66. The second-order valence-electron chi connectivity index (χ2n) is 6.70. The number of carbonyl (C=O) groups excluding carboxylic acids is 1. The van der Waals surface area contributed by atoms with Crippen molar-refractivity contribution in [3.05, 3.63) is 53.0 Å². The van der Waals surface area contributed by atoms with Crippen LogP contribution in [0.15, 0.2) is 46.0 Å². The van der Waals surface area contributed by atoms with Crippen molar-refractivity contribution in [2.24, 2.45) is 0 Å². The lowest BCUT2D eigenvalue weighted by atomic mass is 10.2. The first kappa shape index (κ1) is 19.1. The molecule has 8 heteroatoms. The molecular formula is C20H21ClN4O2S. The maximum Gasteiger partial charge on any atom is 0.230 e. The lowest BCUT2D eigenvalue weighted by molar-refractivity contribution is -0.118. The molecule has 1 aromatic carbocycles. The molecule has 0 aliphatic carbocycles. The molecule has 0 saturated heterocycles. The SMILES string of the molecule is O=C(CSc1nnc2n1CCCCC2)NCc1ccc(-c2ccc(Cl)cc2)o1. The van der Waals surface area contributed by atoms with Gasteiger partial charge in [-0.2, -0.15) is 0 Å². The Morgan fingerprint density at radius 3 is 2.86 bits per heavy atom. The largest absolute Gasteiger partial charge is 0.459 e. The minimum atomic E-state index is -0.0552. The third kappa shape index (κ3) is 4.59. The maximum absolute atomic E-state index is 12.2. The van der Waals surface area contributed by atoms with Crippen molar-refractivity contribution in [1.29, 1.82) is 0 Å². The lowest BCUT2D eigenvalue weighted by Gasteiger charge is -2.06. The molecule has 0 radical (unpaired) electrons. The van der Waals surface area contributed by atoms with Crippen molar-refractivity contribution < 1.29 is 9.21 Å². The molecule has 0 spiro atoms. The fourth-order valence-corrected chi connectivity index (χ4v) is 4.11. The molecule has 4 rings (SSSR count). The number of benzene rings is 1. The van der Waals surface area contributed by atoms with E-state index in [1.54, 1.807) is 0 Å². The maximum atomic E-state index is 12.2. The molecule has 3 aromatic rings. The van der Waals surface area contributed by atoms with E-state index >= 15 is 0 Å². The summed E-state index contributed by atoms with van der Waals surface area (Å²) < 4.78 is 7.96. The van der Waals surface area contributed by atoms with Crippen LogP contribution in [0.4, 0.5) is 0 Å². The molecule has 146 valence electrons. The normalized spacial score (nSPS) is 13.8. The van der Waals surface area contributed by atoms with E-state index in [-0.39, 0.29) is 5.91 Å². The highest BCUT2D eigenvalue weighted by atomic mass is 35.5. The Morgan fingerprint density at radius 1 is 1.14 bits per heavy atom. The summed E-state index contributed by atoms with van der Waals surface area (Å²) in [6.07, 6.45) is 4.48. The Bertz CT molecular complexity index is 952. The van der Waals surface area contributed by atoms with Crippen LogP contribution in [0.5, 0.6) is 0 Å². The van der Waals surface area contributed by atoms with Gasteiger partial charge < -0.3 is 14.3 Å². The van der Waals surface area contributed by atoms with E-state index in [1.807, 2.05) is 36.4 Å². The van der Waals surface area contributed by atoms with E-state index in [9.17, 15) is 4.79 Å². The van der Waals surface area contributed by atoms with Crippen molar-refractivity contribution in [3.8, 4) is 11.3 Å². The van der Waals surface area contributed by atoms with Crippen LogP contribution in [0, 0.1) is 0 Å². The molecule has 3 heterocycles. The number of hydrogen-bond acceptors (Lipinski definition) is 5. The van der Waals surface area contributed by atoms with Crippen LogP contribution in [0.25, 0.3) is 11.3 Å². The summed E-state index contributed by atoms with van der Waals surface area (Å²) in [5.74, 6) is 2.75. The molecule has 1 N–H and O–H groups in total. The van der Waals surface area contributed by atoms with Crippen LogP contribution in [-0.2, 0) is 24.3 Å². The Hall–Kier alpha value is -2.25. The number of amides is 1. The summed E-state index contributed by atoms with van der Waals surface area (Å²) in [6.45, 7) is 1.29. The minimum absolute atomic E-state index is 0.0552. The molecule has 0 unspecified atom stereocenters. The molecule has 2 aromatic heterocycles. The highest BCUT2D eigenvalue weighted by Gasteiger charge is 2.16. The van der Waals surface area contributed by atoms with Gasteiger partial charge in [-0.15, -0.1) is 10.2 Å². The van der Waals surface area contributed by atoms with Gasteiger partial charge in [0.25, 0.3) is 0 Å². The highest BCUT2D eigenvalue weighted by molar-refractivity contribution is 7.99. The molecule has 0 fully saturated rings. The van der Waals surface area contributed by atoms with Crippen molar-refractivity contribution >= 4 is 29.3 Å². The topological polar surface area (TPSA) is 73.0 Å². The fraction of sp³-hybridized carbons (Fsp3) is 0.350. The Kier molecular flexibility index (Phi) is 6.02. The average Bonchev–Trinajstić information content (AvgIpc) is 3.26.